The van der Waals surface area contributed by atoms with Gasteiger partial charge in [0.1, 0.15) is 18.4 Å². The van der Waals surface area contributed by atoms with Crippen LogP contribution in [0.1, 0.15) is 48.8 Å². The summed E-state index contributed by atoms with van der Waals surface area (Å²) >= 11 is 5.96. The van der Waals surface area contributed by atoms with Crippen LogP contribution in [0.3, 0.4) is 0 Å². The molecule has 0 bridgehead atoms. The molecule has 0 aliphatic heterocycles. The third-order valence-electron chi connectivity index (χ3n) is 7.57. The maximum absolute atomic E-state index is 14.2. The minimum atomic E-state index is -3.98. The molecule has 0 aromatic heterocycles. The lowest BCUT2D eigenvalue weighted by molar-refractivity contribution is -0.140. The summed E-state index contributed by atoms with van der Waals surface area (Å²) in [6.45, 7) is 1.46. The summed E-state index contributed by atoms with van der Waals surface area (Å²) in [7, 11) is -3.98. The molecule has 1 unspecified atom stereocenters. The number of sulfonamides is 1. The predicted octanol–water partition coefficient (Wildman–Crippen LogP) is 5.64. The Morgan fingerprint density at radius 3 is 2.26 bits per heavy atom. The number of nitrogens with one attached hydrogen (secondary N) is 1. The second-order valence-corrected chi connectivity index (χ2v) is 13.2. The van der Waals surface area contributed by atoms with E-state index in [9.17, 15) is 22.4 Å². The summed E-state index contributed by atoms with van der Waals surface area (Å²) in [6.07, 6.45) is 6.17. The Kier molecular flexibility index (Phi) is 10.6. The number of halogens is 2. The zero-order chi connectivity index (χ0) is 30.3. The summed E-state index contributed by atoms with van der Waals surface area (Å²) in [4.78, 5) is 29.6. The highest BCUT2D eigenvalue weighted by Gasteiger charge is 2.34. The van der Waals surface area contributed by atoms with Crippen molar-refractivity contribution in [2.24, 2.45) is 0 Å². The van der Waals surface area contributed by atoms with Crippen molar-refractivity contribution in [1.29, 1.82) is 0 Å². The van der Waals surface area contributed by atoms with E-state index in [1.54, 1.807) is 0 Å². The second kappa shape index (κ2) is 14.2. The van der Waals surface area contributed by atoms with Crippen molar-refractivity contribution in [3.8, 4) is 0 Å². The highest BCUT2D eigenvalue weighted by Crippen LogP contribution is 2.26. The van der Waals surface area contributed by atoms with Crippen molar-refractivity contribution >= 4 is 39.1 Å². The Labute approximate surface area is 252 Å². The maximum Gasteiger partial charge on any atom is 0.244 e. The lowest BCUT2D eigenvalue weighted by Crippen LogP contribution is -2.55. The van der Waals surface area contributed by atoms with Crippen molar-refractivity contribution in [2.45, 2.75) is 64.1 Å². The molecule has 1 atom stereocenters. The number of nitrogens with zero attached hydrogens (tertiary/aromatic N) is 2. The Hall–Kier alpha value is -3.43. The molecule has 0 saturated heterocycles. The van der Waals surface area contributed by atoms with Gasteiger partial charge in [0, 0.05) is 19.0 Å². The van der Waals surface area contributed by atoms with Gasteiger partial charge in [-0.15, -0.1) is 0 Å². The molecule has 2 amide bonds. The lowest BCUT2D eigenvalue weighted by atomic mass is 9.94. The van der Waals surface area contributed by atoms with Gasteiger partial charge in [0.15, 0.2) is 0 Å². The van der Waals surface area contributed by atoms with Gasteiger partial charge in [-0.25, -0.2) is 12.8 Å². The van der Waals surface area contributed by atoms with Gasteiger partial charge in [0.05, 0.1) is 17.0 Å². The smallest absolute Gasteiger partial charge is 0.244 e. The van der Waals surface area contributed by atoms with E-state index >= 15 is 0 Å². The minimum Gasteiger partial charge on any atom is -0.352 e. The first-order valence-corrected chi connectivity index (χ1v) is 16.4. The molecule has 0 heterocycles. The van der Waals surface area contributed by atoms with Gasteiger partial charge in [0.25, 0.3) is 0 Å². The number of amides is 2. The second-order valence-electron chi connectivity index (χ2n) is 10.9. The molecule has 4 rings (SSSR count). The third-order valence-corrected chi connectivity index (χ3v) is 9.00. The summed E-state index contributed by atoms with van der Waals surface area (Å²) in [5.41, 5.74) is 2.77. The number of rotatable bonds is 11. The van der Waals surface area contributed by atoms with Gasteiger partial charge in [-0.1, -0.05) is 91.0 Å². The highest BCUT2D eigenvalue weighted by molar-refractivity contribution is 7.92. The van der Waals surface area contributed by atoms with Crippen LogP contribution in [0.4, 0.5) is 10.1 Å². The van der Waals surface area contributed by atoms with Crippen LogP contribution in [-0.2, 0) is 32.6 Å². The fourth-order valence-electron chi connectivity index (χ4n) is 5.24. The SMILES string of the molecule is Cc1ccc(CN(C(=O)CN(c2ccc(F)c(Cl)c2)S(C)(=O)=O)C(Cc2ccccc2)C(=O)NC2CCCCC2)cc1. The zero-order valence-corrected chi connectivity index (χ0v) is 25.5. The van der Waals surface area contributed by atoms with Crippen molar-refractivity contribution in [3.63, 3.8) is 0 Å². The van der Waals surface area contributed by atoms with Crippen LogP contribution in [-0.4, -0.2) is 50.0 Å². The topological polar surface area (TPSA) is 86.8 Å². The largest absolute Gasteiger partial charge is 0.352 e. The summed E-state index contributed by atoms with van der Waals surface area (Å²) in [5, 5.41) is 2.91. The third kappa shape index (κ3) is 8.55. The van der Waals surface area contributed by atoms with Crippen LogP contribution in [0.25, 0.3) is 0 Å². The van der Waals surface area contributed by atoms with E-state index in [-0.39, 0.29) is 35.6 Å². The van der Waals surface area contributed by atoms with Crippen LogP contribution >= 0.6 is 11.6 Å². The number of carbonyl (C=O) groups is 2. The molecular formula is C32H37ClFN3O4S. The fraction of sp³-hybridized carbons (Fsp3) is 0.375. The molecule has 10 heteroatoms. The molecule has 1 N–H and O–H groups in total. The normalized spacial score (nSPS) is 14.7. The molecule has 224 valence electrons. The number of anilines is 1. The van der Waals surface area contributed by atoms with Crippen molar-refractivity contribution < 1.29 is 22.4 Å². The Morgan fingerprint density at radius 1 is 0.976 bits per heavy atom. The van der Waals surface area contributed by atoms with Gasteiger partial charge in [-0.2, -0.15) is 0 Å². The molecule has 42 heavy (non-hydrogen) atoms. The maximum atomic E-state index is 14.2. The van der Waals surface area contributed by atoms with E-state index in [2.05, 4.69) is 5.32 Å². The molecule has 3 aromatic rings. The van der Waals surface area contributed by atoms with Gasteiger partial charge < -0.3 is 10.2 Å². The molecule has 7 nitrogen and oxygen atoms in total. The molecule has 1 aliphatic rings. The average Bonchev–Trinajstić information content (AvgIpc) is 2.96. The van der Waals surface area contributed by atoms with Crippen molar-refractivity contribution in [3.05, 3.63) is 100 Å². The molecule has 0 radical (unpaired) electrons. The lowest BCUT2D eigenvalue weighted by Gasteiger charge is -2.35. The van der Waals surface area contributed by atoms with Gasteiger partial charge in [0.2, 0.25) is 21.8 Å². The molecule has 3 aromatic carbocycles. The first-order chi connectivity index (χ1) is 20.0. The van der Waals surface area contributed by atoms with Gasteiger partial charge >= 0.3 is 0 Å². The van der Waals surface area contributed by atoms with E-state index < -0.39 is 34.3 Å². The summed E-state index contributed by atoms with van der Waals surface area (Å²) in [6, 6.07) is 19.7. The van der Waals surface area contributed by atoms with E-state index in [0.29, 0.717) is 0 Å². The van der Waals surface area contributed by atoms with Gasteiger partial charge in [-0.05, 0) is 49.1 Å². The van der Waals surface area contributed by atoms with Crippen molar-refractivity contribution in [1.82, 2.24) is 10.2 Å². The molecule has 1 saturated carbocycles. The number of benzene rings is 3. The monoisotopic (exact) mass is 613 g/mol. The highest BCUT2D eigenvalue weighted by atomic mass is 35.5. The van der Waals surface area contributed by atoms with Crippen LogP contribution in [0, 0.1) is 12.7 Å². The standard InChI is InChI=1S/C32H37ClFN3O4S/c1-23-13-15-25(16-14-23)21-36(31(38)22-37(42(2,40)41)27-17-18-29(34)28(33)20-27)30(19-24-9-5-3-6-10-24)32(39)35-26-11-7-4-8-12-26/h3,5-6,9-10,13-18,20,26,30H,4,7-8,11-12,19,21-22H2,1-2H3,(H,35,39). The Bertz CT molecular complexity index is 1480. The fourth-order valence-corrected chi connectivity index (χ4v) is 6.26. The number of hydrogen-bond donors (Lipinski definition) is 1. The van der Waals surface area contributed by atoms with Crippen LogP contribution in [0.5, 0.6) is 0 Å². The number of aryl methyl sites for hydroxylation is 1. The summed E-state index contributed by atoms with van der Waals surface area (Å²) in [5.74, 6) is -1.55. The quantitative estimate of drug-likeness (QED) is 0.303. The van der Waals surface area contributed by atoms with E-state index in [0.717, 1.165) is 65.4 Å². The van der Waals surface area contributed by atoms with Crippen LogP contribution in [0.2, 0.25) is 5.02 Å². The molecule has 0 spiro atoms. The zero-order valence-electron chi connectivity index (χ0n) is 23.9. The van der Waals surface area contributed by atoms with E-state index in [1.165, 1.54) is 17.0 Å². The van der Waals surface area contributed by atoms with Crippen molar-refractivity contribution in [2.75, 3.05) is 17.1 Å². The Morgan fingerprint density at radius 2 is 1.64 bits per heavy atom. The first kappa shape index (κ1) is 31.5. The first-order valence-electron chi connectivity index (χ1n) is 14.1. The molecule has 1 aliphatic carbocycles. The number of hydrogen-bond acceptors (Lipinski definition) is 4. The van der Waals surface area contributed by atoms with Gasteiger partial charge in [-0.3, -0.25) is 13.9 Å². The van der Waals surface area contributed by atoms with E-state index in [4.69, 9.17) is 11.6 Å². The minimum absolute atomic E-state index is 0.0229. The number of carbonyl (C=O) groups excluding carboxylic acids is 2. The summed E-state index contributed by atoms with van der Waals surface area (Å²) < 4.78 is 40.5. The predicted molar refractivity (Wildman–Crippen MR) is 164 cm³/mol. The van der Waals surface area contributed by atoms with E-state index in [1.807, 2.05) is 61.5 Å². The van der Waals surface area contributed by atoms with Crippen LogP contribution < -0.4 is 9.62 Å². The average molecular weight is 614 g/mol. The molecule has 1 fully saturated rings. The van der Waals surface area contributed by atoms with Crippen LogP contribution in [0.15, 0.2) is 72.8 Å². The Balaban J connectivity index is 1.72. The molecular weight excluding hydrogens is 577 g/mol.